The molecule has 0 aromatic carbocycles. The predicted molar refractivity (Wildman–Crippen MR) is 187 cm³/mol. The van der Waals surface area contributed by atoms with Crippen molar-refractivity contribution in [3.63, 3.8) is 0 Å². The van der Waals surface area contributed by atoms with E-state index in [2.05, 4.69) is 25.7 Å². The molecule has 0 aromatic rings. The number of Topliss-reactive ketones (excluding diaryl/α,β-unsaturated/α-hetero) is 1. The van der Waals surface area contributed by atoms with Gasteiger partial charge in [-0.2, -0.15) is 0 Å². The molecule has 0 aromatic heterocycles. The highest BCUT2D eigenvalue weighted by atomic mass is 16.7. The smallest absolute Gasteiger partial charge is 0.471 e. The lowest BCUT2D eigenvalue weighted by Gasteiger charge is -2.45. The SMILES string of the molecule is C=CCOC(=O)O[C@H]1[C@H](OCCCCCCCCCC)[C@@H](NC(=O)CC(=O)CCCCCCCCCCC)[C@@H](O/C=C\C)O[C@@H]1CC. The number of nitrogens with one attached hydrogen (secondary N) is 1. The Morgan fingerprint density at radius 3 is 1.91 bits per heavy atom. The zero-order chi connectivity index (χ0) is 34.5. The van der Waals surface area contributed by atoms with Crippen LogP contribution in [0.3, 0.4) is 0 Å². The molecule has 0 radical (unpaired) electrons. The number of unbranched alkanes of at least 4 members (excludes halogenated alkanes) is 15. The predicted octanol–water partition coefficient (Wildman–Crippen LogP) is 9.27. The van der Waals surface area contributed by atoms with E-state index in [0.717, 1.165) is 38.5 Å². The highest BCUT2D eigenvalue weighted by Crippen LogP contribution is 2.30. The second-order valence-electron chi connectivity index (χ2n) is 12.7. The molecule has 47 heavy (non-hydrogen) atoms. The summed E-state index contributed by atoms with van der Waals surface area (Å²) in [7, 11) is 0. The quantitative estimate of drug-likeness (QED) is 0.0277. The molecule has 0 spiro atoms. The number of ether oxygens (including phenoxy) is 5. The van der Waals surface area contributed by atoms with Crippen LogP contribution in [0, 0.1) is 0 Å². The molecule has 0 saturated carbocycles. The Bertz CT molecular complexity index is 863. The number of amides is 1. The first kappa shape index (κ1) is 42.6. The van der Waals surface area contributed by atoms with Gasteiger partial charge in [-0.3, -0.25) is 9.59 Å². The minimum Gasteiger partial charge on any atom is -0.471 e. The fourth-order valence-electron chi connectivity index (χ4n) is 5.86. The molecule has 1 aliphatic heterocycles. The Kier molecular flexibility index (Phi) is 25.9. The normalized spacial score (nSPS) is 21.0. The molecular weight excluding hydrogens is 598 g/mol. The van der Waals surface area contributed by atoms with Crippen molar-refractivity contribution < 1.29 is 38.1 Å². The van der Waals surface area contributed by atoms with Gasteiger partial charge in [0.15, 0.2) is 6.10 Å². The van der Waals surface area contributed by atoms with Crippen molar-refractivity contribution in [2.45, 2.75) is 187 Å². The molecule has 1 fully saturated rings. The molecule has 1 amide bonds. The van der Waals surface area contributed by atoms with Crippen molar-refractivity contribution in [3.05, 3.63) is 25.0 Å². The average Bonchev–Trinajstić information content (AvgIpc) is 3.06. The maximum absolute atomic E-state index is 13.2. The summed E-state index contributed by atoms with van der Waals surface area (Å²) in [6.45, 7) is 12.2. The van der Waals surface area contributed by atoms with E-state index in [1.165, 1.54) is 83.0 Å². The lowest BCUT2D eigenvalue weighted by Crippen LogP contribution is -2.65. The second kappa shape index (κ2) is 28.6. The van der Waals surface area contributed by atoms with Gasteiger partial charge in [0.2, 0.25) is 12.2 Å². The van der Waals surface area contributed by atoms with Crippen molar-refractivity contribution in [2.75, 3.05) is 13.2 Å². The fourth-order valence-corrected chi connectivity index (χ4v) is 5.86. The molecule has 1 saturated heterocycles. The van der Waals surface area contributed by atoms with E-state index in [1.807, 2.05) is 13.8 Å². The topological polar surface area (TPSA) is 109 Å². The molecule has 0 bridgehead atoms. The summed E-state index contributed by atoms with van der Waals surface area (Å²) < 4.78 is 29.4. The Balaban J connectivity index is 2.88. The first-order chi connectivity index (χ1) is 22.9. The van der Waals surface area contributed by atoms with Crippen LogP contribution in [0.25, 0.3) is 0 Å². The second-order valence-corrected chi connectivity index (χ2v) is 12.7. The molecular formula is C38H67NO8. The maximum atomic E-state index is 13.2. The first-order valence-corrected chi connectivity index (χ1v) is 18.7. The van der Waals surface area contributed by atoms with Crippen LogP contribution >= 0.6 is 0 Å². The minimum atomic E-state index is -0.903. The van der Waals surface area contributed by atoms with Gasteiger partial charge in [-0.1, -0.05) is 136 Å². The average molecular weight is 666 g/mol. The van der Waals surface area contributed by atoms with Crippen molar-refractivity contribution in [3.8, 4) is 0 Å². The summed E-state index contributed by atoms with van der Waals surface area (Å²) in [5.41, 5.74) is 0. The van der Waals surface area contributed by atoms with Crippen LogP contribution in [-0.4, -0.2) is 61.7 Å². The zero-order valence-corrected chi connectivity index (χ0v) is 30.1. The van der Waals surface area contributed by atoms with E-state index in [1.54, 1.807) is 6.08 Å². The van der Waals surface area contributed by atoms with Crippen molar-refractivity contribution in [2.24, 2.45) is 0 Å². The third-order valence-electron chi connectivity index (χ3n) is 8.50. The number of rotatable bonds is 29. The highest BCUT2D eigenvalue weighted by Gasteiger charge is 2.50. The van der Waals surface area contributed by atoms with E-state index >= 15 is 0 Å². The minimum absolute atomic E-state index is 0.00124. The van der Waals surface area contributed by atoms with Crippen LogP contribution in [0.5, 0.6) is 0 Å². The van der Waals surface area contributed by atoms with Crippen LogP contribution < -0.4 is 5.32 Å². The molecule has 9 nitrogen and oxygen atoms in total. The maximum Gasteiger partial charge on any atom is 0.509 e. The van der Waals surface area contributed by atoms with E-state index in [9.17, 15) is 14.4 Å². The van der Waals surface area contributed by atoms with Gasteiger partial charge in [0.25, 0.3) is 0 Å². The fraction of sp³-hybridized carbons (Fsp3) is 0.816. The largest absolute Gasteiger partial charge is 0.509 e. The van der Waals surface area contributed by atoms with Gasteiger partial charge < -0.3 is 29.0 Å². The summed E-state index contributed by atoms with van der Waals surface area (Å²) in [6.07, 6.45) is 21.0. The molecule has 1 aliphatic rings. The zero-order valence-electron chi connectivity index (χ0n) is 30.1. The van der Waals surface area contributed by atoms with Crippen LogP contribution in [0.15, 0.2) is 25.0 Å². The van der Waals surface area contributed by atoms with E-state index in [4.69, 9.17) is 23.7 Å². The molecule has 1 N–H and O–H groups in total. The van der Waals surface area contributed by atoms with Gasteiger partial charge in [-0.05, 0) is 26.2 Å². The Labute approximate surface area is 285 Å². The third-order valence-corrected chi connectivity index (χ3v) is 8.50. The lowest BCUT2D eigenvalue weighted by molar-refractivity contribution is -0.259. The van der Waals surface area contributed by atoms with Gasteiger partial charge in [-0.15, -0.1) is 0 Å². The summed E-state index contributed by atoms with van der Waals surface area (Å²) in [5.74, 6) is -0.533. The summed E-state index contributed by atoms with van der Waals surface area (Å²) in [6, 6.07) is -0.826. The molecule has 5 atom stereocenters. The first-order valence-electron chi connectivity index (χ1n) is 18.7. The van der Waals surface area contributed by atoms with Crippen LogP contribution in [0.1, 0.15) is 156 Å². The standard InChI is InChI=1S/C38H67NO8/c1-6-11-13-15-17-19-20-22-24-26-31(40)30-33(41)39-34-36(43-29-25-23-21-18-16-14-12-7-2)35(47-38(42)45-28-9-4)32(10-5)46-37(34)44-27-8-3/h8-9,27,32,34-37H,4,6-7,10-26,28-30H2,1-3,5H3,(H,39,41)/b27-8-/t32-,34-,35-,36-,37+/m1/s1. The van der Waals surface area contributed by atoms with Crippen molar-refractivity contribution in [1.29, 1.82) is 0 Å². The lowest BCUT2D eigenvalue weighted by atomic mass is 9.94. The number of carbonyl (C=O) groups is 3. The van der Waals surface area contributed by atoms with Gasteiger partial charge in [0, 0.05) is 13.0 Å². The molecule has 9 heteroatoms. The number of carbonyl (C=O) groups excluding carboxylic acids is 3. The van der Waals surface area contributed by atoms with Crippen molar-refractivity contribution >= 4 is 17.8 Å². The van der Waals surface area contributed by atoms with E-state index < -0.39 is 42.7 Å². The third kappa shape index (κ3) is 19.9. The van der Waals surface area contributed by atoms with Gasteiger partial charge in [0.05, 0.1) is 12.7 Å². The Hall–Kier alpha value is -2.39. The molecule has 1 heterocycles. The van der Waals surface area contributed by atoms with Crippen LogP contribution in [0.4, 0.5) is 4.79 Å². The number of hydrogen-bond donors (Lipinski definition) is 1. The van der Waals surface area contributed by atoms with E-state index in [-0.39, 0.29) is 18.8 Å². The molecule has 1 rings (SSSR count). The van der Waals surface area contributed by atoms with Gasteiger partial charge in [0.1, 0.15) is 30.6 Å². The van der Waals surface area contributed by atoms with E-state index in [0.29, 0.717) is 19.4 Å². The summed E-state index contributed by atoms with van der Waals surface area (Å²) >= 11 is 0. The van der Waals surface area contributed by atoms with Gasteiger partial charge in [-0.25, -0.2) is 4.79 Å². The van der Waals surface area contributed by atoms with Gasteiger partial charge >= 0.3 is 6.16 Å². The highest BCUT2D eigenvalue weighted by molar-refractivity contribution is 5.98. The van der Waals surface area contributed by atoms with Crippen molar-refractivity contribution in [1.82, 2.24) is 5.32 Å². The summed E-state index contributed by atoms with van der Waals surface area (Å²) in [4.78, 5) is 38.5. The Morgan fingerprint density at radius 1 is 0.787 bits per heavy atom. The molecule has 272 valence electrons. The Morgan fingerprint density at radius 2 is 1.36 bits per heavy atom. The van der Waals surface area contributed by atoms with Crippen LogP contribution in [0.2, 0.25) is 0 Å². The van der Waals surface area contributed by atoms with Crippen LogP contribution in [-0.2, 0) is 33.3 Å². The number of hydrogen-bond acceptors (Lipinski definition) is 8. The monoisotopic (exact) mass is 665 g/mol. The molecule has 0 unspecified atom stereocenters. The number of allylic oxidation sites excluding steroid dienone is 1. The number of ketones is 1. The molecule has 0 aliphatic carbocycles. The summed E-state index contributed by atoms with van der Waals surface area (Å²) in [5, 5.41) is 2.95.